The van der Waals surface area contributed by atoms with Crippen molar-refractivity contribution in [2.75, 3.05) is 6.54 Å². The van der Waals surface area contributed by atoms with E-state index < -0.39 is 0 Å². The summed E-state index contributed by atoms with van der Waals surface area (Å²) in [5, 5.41) is 7.24. The standard InChI is InChI=1S/C14H24N2S/c1-4-8-15-13(11-6-5-7-11)14-16-12(9-17-14)10(2)3/h9-11,13,15H,4-8H2,1-3H3. The van der Waals surface area contributed by atoms with Crippen LogP contribution in [0, 0.1) is 5.92 Å². The fourth-order valence-electron chi connectivity index (χ4n) is 2.24. The van der Waals surface area contributed by atoms with Gasteiger partial charge < -0.3 is 5.32 Å². The summed E-state index contributed by atoms with van der Waals surface area (Å²) in [7, 11) is 0. The Morgan fingerprint density at radius 3 is 2.71 bits per heavy atom. The summed E-state index contributed by atoms with van der Waals surface area (Å²) in [5.74, 6) is 1.38. The Labute approximate surface area is 109 Å². The van der Waals surface area contributed by atoms with Crippen molar-refractivity contribution >= 4 is 11.3 Å². The summed E-state index contributed by atoms with van der Waals surface area (Å²) in [5.41, 5.74) is 1.26. The van der Waals surface area contributed by atoms with Crippen LogP contribution in [-0.2, 0) is 0 Å². The summed E-state index contributed by atoms with van der Waals surface area (Å²) in [6.45, 7) is 7.78. The third-order valence-electron chi connectivity index (χ3n) is 3.63. The molecule has 1 aliphatic carbocycles. The fourth-order valence-corrected chi connectivity index (χ4v) is 3.38. The highest BCUT2D eigenvalue weighted by atomic mass is 32.1. The molecule has 0 spiro atoms. The second-order valence-electron chi connectivity index (χ2n) is 5.39. The zero-order chi connectivity index (χ0) is 12.3. The van der Waals surface area contributed by atoms with Crippen LogP contribution in [0.15, 0.2) is 5.38 Å². The molecule has 0 aromatic carbocycles. The average Bonchev–Trinajstić information content (AvgIpc) is 2.70. The van der Waals surface area contributed by atoms with Gasteiger partial charge in [-0.05, 0) is 37.6 Å². The van der Waals surface area contributed by atoms with E-state index in [4.69, 9.17) is 4.98 Å². The fraction of sp³-hybridized carbons (Fsp3) is 0.786. The Balaban J connectivity index is 2.07. The van der Waals surface area contributed by atoms with Gasteiger partial charge in [-0.2, -0.15) is 0 Å². The number of rotatable bonds is 6. The van der Waals surface area contributed by atoms with Gasteiger partial charge in [0.1, 0.15) is 5.01 Å². The molecule has 2 rings (SSSR count). The Kier molecular flexibility index (Phi) is 4.57. The summed E-state index contributed by atoms with van der Waals surface area (Å²) >= 11 is 1.84. The normalized spacial score (nSPS) is 18.4. The molecular weight excluding hydrogens is 228 g/mol. The first-order valence-corrected chi connectivity index (χ1v) is 7.79. The van der Waals surface area contributed by atoms with E-state index in [0.717, 1.165) is 12.5 Å². The van der Waals surface area contributed by atoms with Crippen LogP contribution in [0.25, 0.3) is 0 Å². The van der Waals surface area contributed by atoms with E-state index in [1.54, 1.807) is 0 Å². The van der Waals surface area contributed by atoms with Gasteiger partial charge in [0.2, 0.25) is 0 Å². The summed E-state index contributed by atoms with van der Waals surface area (Å²) < 4.78 is 0. The first-order valence-electron chi connectivity index (χ1n) is 6.91. The van der Waals surface area contributed by atoms with Crippen molar-refractivity contribution in [3.8, 4) is 0 Å². The molecule has 1 fully saturated rings. The molecule has 96 valence electrons. The van der Waals surface area contributed by atoms with Gasteiger partial charge in [0.15, 0.2) is 0 Å². The minimum atomic E-state index is 0.515. The monoisotopic (exact) mass is 252 g/mol. The van der Waals surface area contributed by atoms with E-state index in [9.17, 15) is 0 Å². The molecule has 17 heavy (non-hydrogen) atoms. The molecule has 0 radical (unpaired) electrons. The zero-order valence-corrected chi connectivity index (χ0v) is 12.0. The van der Waals surface area contributed by atoms with Gasteiger partial charge in [-0.25, -0.2) is 4.98 Å². The Hall–Kier alpha value is -0.410. The van der Waals surface area contributed by atoms with Crippen LogP contribution in [-0.4, -0.2) is 11.5 Å². The van der Waals surface area contributed by atoms with Crippen molar-refractivity contribution in [1.29, 1.82) is 0 Å². The van der Waals surface area contributed by atoms with Crippen LogP contribution in [0.3, 0.4) is 0 Å². The molecule has 0 saturated heterocycles. The Morgan fingerprint density at radius 1 is 1.47 bits per heavy atom. The summed E-state index contributed by atoms with van der Waals surface area (Å²) in [4.78, 5) is 4.82. The van der Waals surface area contributed by atoms with Crippen molar-refractivity contribution in [1.82, 2.24) is 10.3 Å². The van der Waals surface area contributed by atoms with E-state index in [2.05, 4.69) is 31.5 Å². The molecule has 1 unspecified atom stereocenters. The average molecular weight is 252 g/mol. The van der Waals surface area contributed by atoms with Crippen LogP contribution in [0.5, 0.6) is 0 Å². The first-order chi connectivity index (χ1) is 8.22. The number of hydrogen-bond donors (Lipinski definition) is 1. The lowest BCUT2D eigenvalue weighted by molar-refractivity contribution is 0.230. The van der Waals surface area contributed by atoms with E-state index in [1.165, 1.54) is 36.4 Å². The molecule has 0 aliphatic heterocycles. The molecule has 1 aromatic heterocycles. The lowest BCUT2D eigenvalue weighted by Gasteiger charge is -2.33. The molecule has 1 saturated carbocycles. The van der Waals surface area contributed by atoms with Crippen LogP contribution in [0.1, 0.15) is 69.1 Å². The number of hydrogen-bond acceptors (Lipinski definition) is 3. The number of thiazole rings is 1. The number of nitrogens with one attached hydrogen (secondary N) is 1. The molecule has 0 bridgehead atoms. The Bertz CT molecular complexity index is 342. The van der Waals surface area contributed by atoms with Crippen LogP contribution in [0.2, 0.25) is 0 Å². The molecule has 1 heterocycles. The van der Waals surface area contributed by atoms with Crippen molar-refractivity contribution in [2.45, 2.75) is 58.4 Å². The van der Waals surface area contributed by atoms with Gasteiger partial charge in [0, 0.05) is 5.38 Å². The highest BCUT2D eigenvalue weighted by Crippen LogP contribution is 2.39. The van der Waals surface area contributed by atoms with Gasteiger partial charge in [-0.3, -0.25) is 0 Å². The maximum absolute atomic E-state index is 4.82. The topological polar surface area (TPSA) is 24.9 Å². The minimum absolute atomic E-state index is 0.515. The van der Waals surface area contributed by atoms with Gasteiger partial charge >= 0.3 is 0 Å². The summed E-state index contributed by atoms with van der Waals surface area (Å²) in [6.07, 6.45) is 5.35. The smallest absolute Gasteiger partial charge is 0.110 e. The number of nitrogens with zero attached hydrogens (tertiary/aromatic N) is 1. The predicted molar refractivity (Wildman–Crippen MR) is 74.6 cm³/mol. The van der Waals surface area contributed by atoms with Crippen LogP contribution >= 0.6 is 11.3 Å². The molecule has 1 aliphatic rings. The van der Waals surface area contributed by atoms with Crippen molar-refractivity contribution in [3.63, 3.8) is 0 Å². The van der Waals surface area contributed by atoms with Gasteiger partial charge in [-0.15, -0.1) is 11.3 Å². The number of aromatic nitrogens is 1. The molecule has 1 aromatic rings. The largest absolute Gasteiger partial charge is 0.308 e. The van der Waals surface area contributed by atoms with E-state index in [1.807, 2.05) is 11.3 Å². The first kappa shape index (κ1) is 13.0. The molecule has 0 amide bonds. The highest BCUT2D eigenvalue weighted by molar-refractivity contribution is 7.09. The Morgan fingerprint density at radius 2 is 2.24 bits per heavy atom. The quantitative estimate of drug-likeness (QED) is 0.824. The predicted octanol–water partition coefficient (Wildman–Crippen LogP) is 4.11. The zero-order valence-electron chi connectivity index (χ0n) is 11.2. The third-order valence-corrected chi connectivity index (χ3v) is 4.58. The molecular formula is C14H24N2S. The van der Waals surface area contributed by atoms with E-state index in [-0.39, 0.29) is 0 Å². The lowest BCUT2D eigenvalue weighted by atomic mass is 9.80. The maximum atomic E-state index is 4.82. The van der Waals surface area contributed by atoms with E-state index >= 15 is 0 Å². The van der Waals surface area contributed by atoms with Crippen molar-refractivity contribution in [3.05, 3.63) is 16.1 Å². The molecule has 3 heteroatoms. The third kappa shape index (κ3) is 3.08. The van der Waals surface area contributed by atoms with Gasteiger partial charge in [0.25, 0.3) is 0 Å². The maximum Gasteiger partial charge on any atom is 0.110 e. The second kappa shape index (κ2) is 5.96. The van der Waals surface area contributed by atoms with E-state index in [0.29, 0.717) is 12.0 Å². The van der Waals surface area contributed by atoms with Crippen LogP contribution < -0.4 is 5.32 Å². The van der Waals surface area contributed by atoms with Crippen molar-refractivity contribution < 1.29 is 0 Å². The van der Waals surface area contributed by atoms with Crippen molar-refractivity contribution in [2.24, 2.45) is 5.92 Å². The van der Waals surface area contributed by atoms with Gasteiger partial charge in [-0.1, -0.05) is 27.2 Å². The lowest BCUT2D eigenvalue weighted by Crippen LogP contribution is -2.32. The minimum Gasteiger partial charge on any atom is -0.308 e. The molecule has 1 atom stereocenters. The summed E-state index contributed by atoms with van der Waals surface area (Å²) in [6, 6.07) is 0.515. The SMILES string of the molecule is CCCNC(c1nc(C(C)C)cs1)C1CCC1. The molecule has 2 nitrogen and oxygen atoms in total. The highest BCUT2D eigenvalue weighted by Gasteiger charge is 2.30. The molecule has 1 N–H and O–H groups in total. The second-order valence-corrected chi connectivity index (χ2v) is 6.28. The van der Waals surface area contributed by atoms with Crippen LogP contribution in [0.4, 0.5) is 0 Å². The van der Waals surface area contributed by atoms with Gasteiger partial charge in [0.05, 0.1) is 11.7 Å².